The van der Waals surface area contributed by atoms with E-state index in [1.54, 1.807) is 43.1 Å². The van der Waals surface area contributed by atoms with Crippen molar-refractivity contribution >= 4 is 23.6 Å². The summed E-state index contributed by atoms with van der Waals surface area (Å²) in [6.45, 7) is 2.33. The van der Waals surface area contributed by atoms with Crippen molar-refractivity contribution in [1.29, 1.82) is 0 Å². The molecule has 0 aromatic heterocycles. The zero-order valence-corrected chi connectivity index (χ0v) is 18.3. The largest absolute Gasteiger partial charge is 0.497 e. The molecule has 0 saturated carbocycles. The molecule has 2 aromatic carbocycles. The summed E-state index contributed by atoms with van der Waals surface area (Å²) in [5.41, 5.74) is 1.42. The van der Waals surface area contributed by atoms with E-state index in [9.17, 15) is 14.7 Å². The molecule has 0 fully saturated rings. The van der Waals surface area contributed by atoms with Crippen LogP contribution in [0.3, 0.4) is 0 Å². The molecule has 0 aliphatic carbocycles. The van der Waals surface area contributed by atoms with Crippen molar-refractivity contribution in [1.82, 2.24) is 10.6 Å². The Hall–Kier alpha value is -2.51. The van der Waals surface area contributed by atoms with Gasteiger partial charge in [-0.15, -0.1) is 0 Å². The zero-order chi connectivity index (χ0) is 21.8. The van der Waals surface area contributed by atoms with E-state index in [2.05, 4.69) is 10.6 Å². The number of hydrogen-bond acceptors (Lipinski definition) is 5. The Bertz CT molecular complexity index is 801. The van der Waals surface area contributed by atoms with E-state index >= 15 is 0 Å². The van der Waals surface area contributed by atoms with Crippen molar-refractivity contribution in [3.05, 3.63) is 65.7 Å². The topological polar surface area (TPSA) is 87.7 Å². The summed E-state index contributed by atoms with van der Waals surface area (Å²) >= 11 is 1.57. The number of aliphatic hydroxyl groups is 1. The number of methoxy groups -OCH3 is 1. The van der Waals surface area contributed by atoms with Gasteiger partial charge in [-0.1, -0.05) is 43.3 Å². The van der Waals surface area contributed by atoms with Crippen LogP contribution < -0.4 is 15.4 Å². The molecule has 0 saturated heterocycles. The van der Waals surface area contributed by atoms with Gasteiger partial charge in [0.05, 0.1) is 13.2 Å². The minimum Gasteiger partial charge on any atom is -0.497 e. The normalized spacial score (nSPS) is 12.6. The monoisotopic (exact) mass is 430 g/mol. The van der Waals surface area contributed by atoms with Crippen LogP contribution >= 0.6 is 11.8 Å². The Morgan fingerprint density at radius 3 is 2.60 bits per heavy atom. The molecule has 0 heterocycles. The molecular formula is C23H30N2O4S. The second-order valence-electron chi connectivity index (χ2n) is 6.89. The number of aliphatic hydroxyl groups excluding tert-OH is 1. The third kappa shape index (κ3) is 8.08. The van der Waals surface area contributed by atoms with Crippen LogP contribution in [-0.4, -0.2) is 47.7 Å². The molecule has 162 valence electrons. The molecule has 7 heteroatoms. The van der Waals surface area contributed by atoms with Gasteiger partial charge in [0.25, 0.3) is 5.91 Å². The molecule has 0 aliphatic rings. The van der Waals surface area contributed by atoms with Crippen LogP contribution in [0.15, 0.2) is 54.6 Å². The molecule has 2 unspecified atom stereocenters. The lowest BCUT2D eigenvalue weighted by molar-refractivity contribution is -0.123. The summed E-state index contributed by atoms with van der Waals surface area (Å²) in [4.78, 5) is 25.5. The van der Waals surface area contributed by atoms with Gasteiger partial charge in [-0.05, 0) is 42.4 Å². The molecule has 0 radical (unpaired) electrons. The maximum atomic E-state index is 12.8. The molecule has 6 nitrogen and oxygen atoms in total. The van der Waals surface area contributed by atoms with Gasteiger partial charge in [-0.25, -0.2) is 0 Å². The average Bonchev–Trinajstić information content (AvgIpc) is 2.79. The molecule has 0 spiro atoms. The van der Waals surface area contributed by atoms with Crippen molar-refractivity contribution in [2.24, 2.45) is 0 Å². The van der Waals surface area contributed by atoms with Crippen molar-refractivity contribution in [3.63, 3.8) is 0 Å². The smallest absolute Gasteiger partial charge is 0.252 e. The van der Waals surface area contributed by atoms with Crippen LogP contribution in [0.1, 0.15) is 35.7 Å². The van der Waals surface area contributed by atoms with Gasteiger partial charge >= 0.3 is 0 Å². The maximum absolute atomic E-state index is 12.8. The fraction of sp³-hybridized carbons (Fsp3) is 0.391. The van der Waals surface area contributed by atoms with E-state index < -0.39 is 6.04 Å². The van der Waals surface area contributed by atoms with Gasteiger partial charge < -0.3 is 20.5 Å². The Balaban J connectivity index is 1.99. The Labute approximate surface area is 182 Å². The highest BCUT2D eigenvalue weighted by molar-refractivity contribution is 7.99. The first-order valence-corrected chi connectivity index (χ1v) is 11.2. The lowest BCUT2D eigenvalue weighted by Crippen LogP contribution is -2.46. The number of rotatable bonds is 12. The SMILES string of the molecule is CCC(O)CSCCC(NC(=O)c1cccc(OC)c1)C(=O)NCc1ccccc1. The number of hydrogen-bond donors (Lipinski definition) is 3. The molecule has 0 bridgehead atoms. The van der Waals surface area contributed by atoms with Crippen molar-refractivity contribution in [2.45, 2.75) is 38.5 Å². The molecule has 3 N–H and O–H groups in total. The number of nitrogens with one attached hydrogen (secondary N) is 2. The minimum atomic E-state index is -0.668. The van der Waals surface area contributed by atoms with Crippen LogP contribution in [0, 0.1) is 0 Å². The highest BCUT2D eigenvalue weighted by Crippen LogP contribution is 2.14. The Morgan fingerprint density at radius 2 is 1.90 bits per heavy atom. The van der Waals surface area contributed by atoms with Crippen molar-refractivity contribution in [3.8, 4) is 5.75 Å². The predicted molar refractivity (Wildman–Crippen MR) is 121 cm³/mol. The lowest BCUT2D eigenvalue weighted by Gasteiger charge is -2.19. The summed E-state index contributed by atoms with van der Waals surface area (Å²) < 4.78 is 5.17. The molecular weight excluding hydrogens is 400 g/mol. The van der Waals surface area contributed by atoms with Crippen LogP contribution in [0.4, 0.5) is 0 Å². The standard InChI is InChI=1S/C23H30N2O4S/c1-3-19(26)16-30-13-12-21(23(28)24-15-17-8-5-4-6-9-17)25-22(27)18-10-7-11-20(14-18)29-2/h4-11,14,19,21,26H,3,12-13,15-16H2,1-2H3,(H,24,28)(H,25,27). The lowest BCUT2D eigenvalue weighted by atomic mass is 10.1. The van der Waals surface area contributed by atoms with Crippen molar-refractivity contribution < 1.29 is 19.4 Å². The van der Waals surface area contributed by atoms with Crippen LogP contribution in [0.2, 0.25) is 0 Å². The number of carbonyl (C=O) groups is 2. The average molecular weight is 431 g/mol. The quantitative estimate of drug-likeness (QED) is 0.451. The number of amides is 2. The molecule has 2 amide bonds. The molecule has 2 atom stereocenters. The van der Waals surface area contributed by atoms with Crippen LogP contribution in [0.25, 0.3) is 0 Å². The Morgan fingerprint density at radius 1 is 1.13 bits per heavy atom. The van der Waals surface area contributed by atoms with E-state index in [1.165, 1.54) is 0 Å². The first-order chi connectivity index (χ1) is 14.5. The first kappa shape index (κ1) is 23.8. The third-order valence-electron chi connectivity index (χ3n) is 4.60. The van der Waals surface area contributed by atoms with Gasteiger partial charge in [-0.3, -0.25) is 9.59 Å². The number of ether oxygens (including phenoxy) is 1. The van der Waals surface area contributed by atoms with Crippen molar-refractivity contribution in [2.75, 3.05) is 18.6 Å². The van der Waals surface area contributed by atoms with Gasteiger partial charge in [0.2, 0.25) is 5.91 Å². The third-order valence-corrected chi connectivity index (χ3v) is 5.74. The molecule has 30 heavy (non-hydrogen) atoms. The zero-order valence-electron chi connectivity index (χ0n) is 17.5. The highest BCUT2D eigenvalue weighted by atomic mass is 32.2. The molecule has 2 aromatic rings. The van der Waals surface area contributed by atoms with Gasteiger partial charge in [-0.2, -0.15) is 11.8 Å². The molecule has 0 aliphatic heterocycles. The van der Waals surface area contributed by atoms with Crippen LogP contribution in [-0.2, 0) is 11.3 Å². The van der Waals surface area contributed by atoms with Gasteiger partial charge in [0.15, 0.2) is 0 Å². The van der Waals surface area contributed by atoms with E-state index in [1.807, 2.05) is 37.3 Å². The van der Waals surface area contributed by atoms with E-state index in [4.69, 9.17) is 4.74 Å². The number of thioether (sulfide) groups is 1. The summed E-state index contributed by atoms with van der Waals surface area (Å²) in [5, 5.41) is 15.4. The maximum Gasteiger partial charge on any atom is 0.252 e. The predicted octanol–water partition coefficient (Wildman–Crippen LogP) is 3.00. The van der Waals surface area contributed by atoms with E-state index in [0.29, 0.717) is 42.2 Å². The molecule has 2 rings (SSSR count). The summed E-state index contributed by atoms with van der Waals surface area (Å²) in [6, 6.07) is 15.8. The summed E-state index contributed by atoms with van der Waals surface area (Å²) in [6.07, 6.45) is 0.810. The van der Waals surface area contributed by atoms with Gasteiger partial charge in [0, 0.05) is 17.9 Å². The van der Waals surface area contributed by atoms with E-state index in [-0.39, 0.29) is 17.9 Å². The summed E-state index contributed by atoms with van der Waals surface area (Å²) in [7, 11) is 1.54. The number of carbonyl (C=O) groups excluding carboxylic acids is 2. The highest BCUT2D eigenvalue weighted by Gasteiger charge is 2.21. The van der Waals surface area contributed by atoms with Crippen LogP contribution in [0.5, 0.6) is 5.75 Å². The first-order valence-electron chi connectivity index (χ1n) is 10.1. The second kappa shape index (κ2) is 12.9. The second-order valence-corrected chi connectivity index (χ2v) is 8.04. The fourth-order valence-electron chi connectivity index (χ4n) is 2.72. The van der Waals surface area contributed by atoms with Gasteiger partial charge in [0.1, 0.15) is 11.8 Å². The fourth-order valence-corrected chi connectivity index (χ4v) is 3.80. The van der Waals surface area contributed by atoms with E-state index in [0.717, 1.165) is 5.56 Å². The minimum absolute atomic E-state index is 0.230. The Kier molecular flexibility index (Phi) is 10.2. The summed E-state index contributed by atoms with van der Waals surface area (Å²) in [5.74, 6) is 1.29. The number of benzene rings is 2.